The van der Waals surface area contributed by atoms with Gasteiger partial charge in [0.1, 0.15) is 0 Å². The van der Waals surface area contributed by atoms with Crippen LogP contribution < -0.4 is 0 Å². The minimum atomic E-state index is -4.07. The molecule has 0 bridgehead atoms. The molecule has 0 spiro atoms. The van der Waals surface area contributed by atoms with E-state index in [4.69, 9.17) is 0 Å². The van der Waals surface area contributed by atoms with Crippen LogP contribution in [0, 0.1) is 0 Å². The van der Waals surface area contributed by atoms with Crippen LogP contribution in [0.4, 0.5) is 13.2 Å². The Morgan fingerprint density at radius 2 is 0.909 bits per heavy atom. The molecule has 0 saturated carbocycles. The Balaban J connectivity index is 5.88. The Morgan fingerprint density at radius 3 is 1.09 bits per heavy atom. The van der Waals surface area contributed by atoms with Gasteiger partial charge in [-0.15, -0.1) is 0 Å². The molecule has 0 unspecified atom stereocenters. The molecule has 7 heteroatoms. The van der Waals surface area contributed by atoms with Gasteiger partial charge in [-0.2, -0.15) is 0 Å². The first-order valence-corrected chi connectivity index (χ1v) is 14.4. The Morgan fingerprint density at radius 1 is 0.636 bits per heavy atom. The Bertz CT molecular complexity index is 257. The average molecular weight is 432 g/mol. The van der Waals surface area contributed by atoms with Gasteiger partial charge < -0.3 is 0 Å². The summed E-state index contributed by atoms with van der Waals surface area (Å²) in [5.74, 6) is 0. The number of halogens is 3. The van der Waals surface area contributed by atoms with Gasteiger partial charge in [-0.25, -0.2) is 0 Å². The van der Waals surface area contributed by atoms with Gasteiger partial charge in [0.15, 0.2) is 0 Å². The quantitative estimate of drug-likeness (QED) is 0.459. The van der Waals surface area contributed by atoms with Crippen molar-refractivity contribution in [3.05, 3.63) is 0 Å². The van der Waals surface area contributed by atoms with Crippen molar-refractivity contribution in [2.75, 3.05) is 39.3 Å². The van der Waals surface area contributed by atoms with Crippen LogP contribution in [0.1, 0.15) is 48.0 Å². The minimum absolute atomic E-state index is 0.295. The van der Waals surface area contributed by atoms with Crippen LogP contribution in [0.3, 0.4) is 0 Å². The van der Waals surface area contributed by atoms with E-state index in [0.29, 0.717) is 4.44 Å². The average Bonchev–Trinajstić information content (AvgIpc) is 2.47. The van der Waals surface area contributed by atoms with Crippen LogP contribution in [0.2, 0.25) is 4.44 Å². The summed E-state index contributed by atoms with van der Waals surface area (Å²) in [7, 11) is 0. The summed E-state index contributed by atoms with van der Waals surface area (Å²) in [4.78, 5) is 0. The first-order valence-electron chi connectivity index (χ1n) is 8.58. The third kappa shape index (κ3) is 5.53. The zero-order chi connectivity index (χ0) is 17.4. The summed E-state index contributed by atoms with van der Waals surface area (Å²) in [5.41, 5.74) is 0. The normalized spacial score (nSPS) is 13.6. The summed E-state index contributed by atoms with van der Waals surface area (Å²) >= 11 is -3.46. The second kappa shape index (κ2) is 10.4. The monoisotopic (exact) mass is 433 g/mol. The SMILES string of the molecule is CC[N](CC)[Sn]([CH2]CC(F)(F)F)([N](CC)CC)[N](CC)CC. The van der Waals surface area contributed by atoms with Crippen molar-refractivity contribution < 1.29 is 13.2 Å². The number of nitrogens with zero attached hydrogens (tertiary/aromatic N) is 3. The molecule has 0 radical (unpaired) electrons. The van der Waals surface area contributed by atoms with E-state index in [9.17, 15) is 13.2 Å². The molecule has 134 valence electrons. The van der Waals surface area contributed by atoms with Crippen molar-refractivity contribution in [2.24, 2.45) is 0 Å². The van der Waals surface area contributed by atoms with Gasteiger partial charge in [-0.3, -0.25) is 0 Å². The summed E-state index contributed by atoms with van der Waals surface area (Å²) in [6, 6.07) is 0. The van der Waals surface area contributed by atoms with Gasteiger partial charge in [0.05, 0.1) is 0 Å². The third-order valence-corrected chi connectivity index (χ3v) is 21.3. The van der Waals surface area contributed by atoms with Crippen LogP contribution in [0.15, 0.2) is 0 Å². The predicted octanol–water partition coefficient (Wildman–Crippen LogP) is 3.90. The second-order valence-corrected chi connectivity index (χ2v) is 16.7. The van der Waals surface area contributed by atoms with E-state index in [2.05, 4.69) is 50.9 Å². The molecule has 0 aliphatic heterocycles. The van der Waals surface area contributed by atoms with E-state index < -0.39 is 31.8 Å². The van der Waals surface area contributed by atoms with E-state index >= 15 is 0 Å². The summed E-state index contributed by atoms with van der Waals surface area (Å²) < 4.78 is 46.4. The van der Waals surface area contributed by atoms with Gasteiger partial charge >= 0.3 is 140 Å². The molecule has 0 saturated heterocycles. The van der Waals surface area contributed by atoms with Crippen molar-refractivity contribution in [1.82, 2.24) is 9.36 Å². The third-order valence-electron chi connectivity index (χ3n) is 4.55. The van der Waals surface area contributed by atoms with Gasteiger partial charge in [0.25, 0.3) is 0 Å². The van der Waals surface area contributed by atoms with Crippen molar-refractivity contribution in [3.8, 4) is 0 Å². The zero-order valence-corrected chi connectivity index (χ0v) is 18.0. The molecule has 0 rings (SSSR count). The van der Waals surface area contributed by atoms with Crippen LogP contribution in [0.5, 0.6) is 0 Å². The fourth-order valence-corrected chi connectivity index (χ4v) is 20.1. The van der Waals surface area contributed by atoms with Crippen molar-refractivity contribution >= 4 is 19.2 Å². The molecule has 0 aliphatic carbocycles. The molecule has 0 N–H and O–H groups in total. The van der Waals surface area contributed by atoms with E-state index in [0.717, 1.165) is 39.3 Å². The summed E-state index contributed by atoms with van der Waals surface area (Å²) in [6.45, 7) is 17.5. The van der Waals surface area contributed by atoms with Crippen LogP contribution >= 0.6 is 0 Å². The maximum atomic E-state index is 13.0. The van der Waals surface area contributed by atoms with Gasteiger partial charge in [-0.05, 0) is 0 Å². The van der Waals surface area contributed by atoms with Crippen molar-refractivity contribution in [1.29, 1.82) is 0 Å². The molecule has 0 heterocycles. The van der Waals surface area contributed by atoms with E-state index in [-0.39, 0.29) is 0 Å². The van der Waals surface area contributed by atoms with Crippen LogP contribution in [-0.4, -0.2) is 74.0 Å². The Hall–Kier alpha value is 0.469. The molecule has 0 atom stereocenters. The number of hydrogen-bond donors (Lipinski definition) is 0. The summed E-state index contributed by atoms with van der Waals surface area (Å²) in [5, 5.41) is 0. The topological polar surface area (TPSA) is 9.72 Å². The molecule has 0 fully saturated rings. The van der Waals surface area contributed by atoms with Gasteiger partial charge in [0.2, 0.25) is 0 Å². The molecule has 0 aliphatic rings. The standard InChI is InChI=1S/3C4H10N.C3H4F3.Sn/c3*1-3-5-4-2;1-2-3(4,5)6;/h3*3-4H2,1-2H3;1-2H2;/q3*-1;;+3. The molecule has 0 aromatic heterocycles. The maximum absolute atomic E-state index is 13.0. The molecule has 0 aromatic carbocycles. The fourth-order valence-electron chi connectivity index (χ4n) is 3.57. The molecule has 0 amide bonds. The second-order valence-electron chi connectivity index (χ2n) is 5.41. The summed E-state index contributed by atoms with van der Waals surface area (Å²) in [6.07, 6.45) is -4.73. The van der Waals surface area contributed by atoms with E-state index in [1.165, 1.54) is 0 Å². The first-order chi connectivity index (χ1) is 10.3. The molecular weight excluding hydrogens is 398 g/mol. The van der Waals surface area contributed by atoms with Crippen molar-refractivity contribution in [3.63, 3.8) is 0 Å². The van der Waals surface area contributed by atoms with E-state index in [1.54, 1.807) is 0 Å². The predicted molar refractivity (Wildman–Crippen MR) is 90.0 cm³/mol. The fraction of sp³-hybridized carbons (Fsp3) is 1.00. The van der Waals surface area contributed by atoms with Gasteiger partial charge in [-0.1, -0.05) is 0 Å². The van der Waals surface area contributed by atoms with Crippen LogP contribution in [0.25, 0.3) is 0 Å². The Labute approximate surface area is 139 Å². The Kier molecular flexibility index (Phi) is 10.6. The number of hydrogen-bond acceptors (Lipinski definition) is 3. The molecule has 3 nitrogen and oxygen atoms in total. The van der Waals surface area contributed by atoms with Gasteiger partial charge in [0, 0.05) is 0 Å². The molecule has 0 aromatic rings. The van der Waals surface area contributed by atoms with E-state index in [1.807, 2.05) is 0 Å². The number of alkyl halides is 3. The van der Waals surface area contributed by atoms with Crippen LogP contribution in [-0.2, 0) is 0 Å². The molecular formula is C15H34F3N3Sn. The zero-order valence-electron chi connectivity index (χ0n) is 15.1. The molecule has 22 heavy (non-hydrogen) atoms. The first kappa shape index (κ1) is 22.5. The number of rotatable bonds is 11. The van der Waals surface area contributed by atoms with Crippen molar-refractivity contribution in [2.45, 2.75) is 58.6 Å².